The highest BCUT2D eigenvalue weighted by Gasteiger charge is 2.26. The van der Waals surface area contributed by atoms with Gasteiger partial charge in [-0.25, -0.2) is 0 Å². The normalized spacial score (nSPS) is 20.0. The Hall–Kier alpha value is -1.02. The Morgan fingerprint density at radius 1 is 0.893 bits per heavy atom. The Morgan fingerprint density at radius 2 is 1.46 bits per heavy atom. The number of thioether (sulfide) groups is 2. The van der Waals surface area contributed by atoms with Gasteiger partial charge in [0.2, 0.25) is 0 Å². The van der Waals surface area contributed by atoms with Crippen LogP contribution < -0.4 is 5.32 Å². The smallest absolute Gasteiger partial charge is 0.0760 e. The molecule has 0 aromatic heterocycles. The van der Waals surface area contributed by atoms with Crippen LogP contribution in [0.25, 0.3) is 0 Å². The second kappa shape index (κ2) is 11.9. The summed E-state index contributed by atoms with van der Waals surface area (Å²) in [4.78, 5) is 4.71. The van der Waals surface area contributed by atoms with Crippen LogP contribution in [0.5, 0.6) is 0 Å². The first-order chi connectivity index (χ1) is 13.7. The molecule has 3 unspecified atom stereocenters. The fraction of sp³-hybridized carbons (Fsp3) is 0.455. The fourth-order valence-corrected chi connectivity index (χ4v) is 5.11. The minimum Gasteiger partial charge on any atom is -0.392 e. The molecule has 0 aliphatic carbocycles. The van der Waals surface area contributed by atoms with Gasteiger partial charge in [-0.1, -0.05) is 36.4 Å². The molecule has 0 amide bonds. The molecule has 3 rings (SSSR count). The molecule has 0 radical (unpaired) electrons. The van der Waals surface area contributed by atoms with Gasteiger partial charge >= 0.3 is 0 Å². The van der Waals surface area contributed by atoms with E-state index in [1.165, 1.54) is 9.79 Å². The first-order valence-electron chi connectivity index (χ1n) is 9.87. The number of hydrogen-bond acceptors (Lipinski definition) is 6. The first kappa shape index (κ1) is 21.7. The van der Waals surface area contributed by atoms with E-state index in [9.17, 15) is 10.2 Å². The van der Waals surface area contributed by atoms with Gasteiger partial charge in [-0.3, -0.25) is 4.90 Å². The first-order valence-corrected chi connectivity index (χ1v) is 11.8. The second-order valence-electron chi connectivity index (χ2n) is 7.14. The van der Waals surface area contributed by atoms with E-state index in [0.29, 0.717) is 18.1 Å². The number of nitrogens with one attached hydrogen (secondary N) is 1. The SMILES string of the molecule is OC(CSc1ccccc1)CC1CNCCN1CC(O)CSc1ccccc1. The van der Waals surface area contributed by atoms with Crippen molar-refractivity contribution in [1.29, 1.82) is 0 Å². The number of rotatable bonds is 10. The third kappa shape index (κ3) is 7.43. The van der Waals surface area contributed by atoms with Crippen LogP contribution in [0.15, 0.2) is 70.5 Å². The molecule has 6 heteroatoms. The van der Waals surface area contributed by atoms with E-state index in [2.05, 4.69) is 34.5 Å². The van der Waals surface area contributed by atoms with E-state index in [0.717, 1.165) is 26.1 Å². The zero-order chi connectivity index (χ0) is 19.6. The van der Waals surface area contributed by atoms with Crippen LogP contribution in [0.1, 0.15) is 6.42 Å². The maximum absolute atomic E-state index is 10.5. The highest BCUT2D eigenvalue weighted by molar-refractivity contribution is 7.99. The summed E-state index contributed by atoms with van der Waals surface area (Å²) in [6.07, 6.45) is 0.000789. The van der Waals surface area contributed by atoms with Crippen molar-refractivity contribution >= 4 is 23.5 Å². The van der Waals surface area contributed by atoms with Crippen molar-refractivity contribution in [3.05, 3.63) is 60.7 Å². The maximum Gasteiger partial charge on any atom is 0.0760 e. The molecule has 0 saturated carbocycles. The van der Waals surface area contributed by atoms with Gasteiger partial charge in [-0.05, 0) is 30.7 Å². The summed E-state index contributed by atoms with van der Waals surface area (Å²) in [5.41, 5.74) is 0. The predicted octanol–water partition coefficient (Wildman–Crippen LogP) is 2.96. The number of aliphatic hydroxyl groups excluding tert-OH is 2. The zero-order valence-electron chi connectivity index (χ0n) is 16.1. The summed E-state index contributed by atoms with van der Waals surface area (Å²) >= 11 is 3.39. The highest BCUT2D eigenvalue weighted by Crippen LogP contribution is 2.22. The molecule has 4 nitrogen and oxygen atoms in total. The van der Waals surface area contributed by atoms with Crippen molar-refractivity contribution in [3.63, 3.8) is 0 Å². The summed E-state index contributed by atoms with van der Waals surface area (Å²) < 4.78 is 0. The molecular formula is C22H30N2O2S2. The molecule has 1 saturated heterocycles. The van der Waals surface area contributed by atoms with E-state index < -0.39 is 0 Å². The molecular weight excluding hydrogens is 388 g/mol. The molecule has 2 aromatic rings. The van der Waals surface area contributed by atoms with E-state index in [-0.39, 0.29) is 18.2 Å². The van der Waals surface area contributed by atoms with Gasteiger partial charge in [0, 0.05) is 53.5 Å². The van der Waals surface area contributed by atoms with Crippen molar-refractivity contribution < 1.29 is 10.2 Å². The monoisotopic (exact) mass is 418 g/mol. The van der Waals surface area contributed by atoms with Crippen LogP contribution in [0.2, 0.25) is 0 Å². The molecule has 1 fully saturated rings. The molecule has 0 bridgehead atoms. The molecule has 1 aliphatic rings. The van der Waals surface area contributed by atoms with Crippen LogP contribution in [0.4, 0.5) is 0 Å². The van der Waals surface area contributed by atoms with Gasteiger partial charge in [0.15, 0.2) is 0 Å². The van der Waals surface area contributed by atoms with Gasteiger partial charge in [0.1, 0.15) is 0 Å². The lowest BCUT2D eigenvalue weighted by Gasteiger charge is -2.38. The average molecular weight is 419 g/mol. The van der Waals surface area contributed by atoms with Gasteiger partial charge in [0.05, 0.1) is 12.2 Å². The van der Waals surface area contributed by atoms with Gasteiger partial charge in [0.25, 0.3) is 0 Å². The van der Waals surface area contributed by atoms with Crippen molar-refractivity contribution in [2.75, 3.05) is 37.7 Å². The number of benzene rings is 2. The predicted molar refractivity (Wildman–Crippen MR) is 119 cm³/mol. The third-order valence-corrected chi connectivity index (χ3v) is 7.15. The number of β-amino-alcohol motifs (C(OH)–C–C–N with tert-alkyl or cyclic N) is 1. The zero-order valence-corrected chi connectivity index (χ0v) is 17.7. The summed E-state index contributed by atoms with van der Waals surface area (Å²) in [7, 11) is 0. The lowest BCUT2D eigenvalue weighted by atomic mass is 10.1. The molecule has 28 heavy (non-hydrogen) atoms. The lowest BCUT2D eigenvalue weighted by Crippen LogP contribution is -2.54. The minimum absolute atomic E-state index is 0.261. The van der Waals surface area contributed by atoms with E-state index in [4.69, 9.17) is 0 Å². The Kier molecular flexibility index (Phi) is 9.18. The van der Waals surface area contributed by atoms with Crippen LogP contribution in [0, 0.1) is 0 Å². The average Bonchev–Trinajstić information content (AvgIpc) is 2.74. The minimum atomic E-state index is -0.373. The Morgan fingerprint density at radius 3 is 2.07 bits per heavy atom. The summed E-state index contributed by atoms with van der Waals surface area (Å²) in [6.45, 7) is 3.37. The quantitative estimate of drug-likeness (QED) is 0.516. The largest absolute Gasteiger partial charge is 0.392 e. The summed E-state index contributed by atoms with van der Waals surface area (Å²) in [5.74, 6) is 1.38. The van der Waals surface area contributed by atoms with Crippen LogP contribution in [-0.2, 0) is 0 Å². The molecule has 1 heterocycles. The van der Waals surface area contributed by atoms with Crippen LogP contribution in [0.3, 0.4) is 0 Å². The maximum atomic E-state index is 10.5. The molecule has 3 atom stereocenters. The van der Waals surface area contributed by atoms with E-state index in [1.54, 1.807) is 23.5 Å². The number of nitrogens with zero attached hydrogens (tertiary/aromatic N) is 1. The van der Waals surface area contributed by atoms with Crippen molar-refractivity contribution in [3.8, 4) is 0 Å². The standard InChI is InChI=1S/C22H30N2O2S2/c25-19(16-27-21-7-3-1-4-8-21)13-18-14-23-11-12-24(18)15-20(26)17-28-22-9-5-2-6-10-22/h1-10,18-20,23,25-26H,11-17H2. The molecule has 1 aliphatic heterocycles. The molecule has 0 spiro atoms. The van der Waals surface area contributed by atoms with Gasteiger partial charge in [-0.2, -0.15) is 0 Å². The molecule has 152 valence electrons. The summed E-state index contributed by atoms with van der Waals surface area (Å²) in [5, 5.41) is 24.5. The van der Waals surface area contributed by atoms with Crippen LogP contribution in [-0.4, -0.2) is 71.0 Å². The third-order valence-electron chi connectivity index (χ3n) is 4.83. The van der Waals surface area contributed by atoms with Crippen LogP contribution >= 0.6 is 23.5 Å². The van der Waals surface area contributed by atoms with E-state index >= 15 is 0 Å². The lowest BCUT2D eigenvalue weighted by molar-refractivity contribution is 0.0592. The molecule has 2 aromatic carbocycles. The molecule has 3 N–H and O–H groups in total. The van der Waals surface area contributed by atoms with Gasteiger partial charge in [-0.15, -0.1) is 23.5 Å². The number of piperazine rings is 1. The number of aliphatic hydroxyl groups is 2. The Labute approximate surface area is 176 Å². The Balaban J connectivity index is 1.43. The fourth-order valence-electron chi connectivity index (χ4n) is 3.40. The van der Waals surface area contributed by atoms with Crippen molar-refractivity contribution in [2.45, 2.75) is 34.5 Å². The van der Waals surface area contributed by atoms with Crippen molar-refractivity contribution in [1.82, 2.24) is 10.2 Å². The number of hydrogen-bond donors (Lipinski definition) is 3. The van der Waals surface area contributed by atoms with Crippen molar-refractivity contribution in [2.24, 2.45) is 0 Å². The van der Waals surface area contributed by atoms with Gasteiger partial charge < -0.3 is 15.5 Å². The highest BCUT2D eigenvalue weighted by atomic mass is 32.2. The summed E-state index contributed by atoms with van der Waals surface area (Å²) in [6, 6.07) is 20.7. The Bertz CT molecular complexity index is 615. The second-order valence-corrected chi connectivity index (χ2v) is 9.33. The van der Waals surface area contributed by atoms with E-state index in [1.807, 2.05) is 36.4 Å². The topological polar surface area (TPSA) is 55.7 Å².